The van der Waals surface area contributed by atoms with E-state index in [1.165, 1.54) is 0 Å². The van der Waals surface area contributed by atoms with E-state index in [0.717, 1.165) is 0 Å². The molecule has 0 spiro atoms. The number of hydrogen-bond donors (Lipinski definition) is 10. The predicted octanol–water partition coefficient (Wildman–Crippen LogP) is -4.75. The van der Waals surface area contributed by atoms with E-state index in [0.29, 0.717) is 19.3 Å². The minimum Gasteiger partial charge on any atom is -0.394 e. The van der Waals surface area contributed by atoms with Crippen LogP contribution >= 0.6 is 0 Å². The predicted molar refractivity (Wildman–Crippen MR) is 146 cm³/mol. The third kappa shape index (κ3) is 7.09. The van der Waals surface area contributed by atoms with E-state index in [2.05, 4.69) is 0 Å². The maximum atomic E-state index is 11.2. The van der Waals surface area contributed by atoms with Gasteiger partial charge in [-0.3, -0.25) is 0 Å². The van der Waals surface area contributed by atoms with Crippen molar-refractivity contribution in [1.82, 2.24) is 0 Å². The highest BCUT2D eigenvalue weighted by molar-refractivity contribution is 5.01. The average Bonchev–Trinajstić information content (AvgIpc) is 3.27. The van der Waals surface area contributed by atoms with Crippen LogP contribution in [-0.2, 0) is 28.4 Å². The van der Waals surface area contributed by atoms with Gasteiger partial charge in [-0.25, -0.2) is 0 Å². The van der Waals surface area contributed by atoms with Crippen LogP contribution in [0.15, 0.2) is 0 Å². The summed E-state index contributed by atoms with van der Waals surface area (Å²) in [5, 5.41) is 52.9. The van der Waals surface area contributed by atoms with E-state index in [-0.39, 0.29) is 25.1 Å². The molecular weight excluding hydrogens is 558 g/mol. The number of hydrogen-bond acceptors (Lipinski definition) is 16. The Kier molecular flexibility index (Phi) is 11.9. The molecule has 3 aliphatic heterocycles. The molecule has 15 N–H and O–H groups in total. The van der Waals surface area contributed by atoms with Crippen LogP contribution in [0.1, 0.15) is 39.5 Å². The zero-order chi connectivity index (χ0) is 30.9. The second-order valence-corrected chi connectivity index (χ2v) is 12.0. The van der Waals surface area contributed by atoms with Crippen LogP contribution < -0.4 is 28.7 Å². The number of aliphatic hydroxyl groups is 5. The van der Waals surface area contributed by atoms with Gasteiger partial charge in [0.2, 0.25) is 0 Å². The molecule has 246 valence electrons. The summed E-state index contributed by atoms with van der Waals surface area (Å²) in [6, 6.07) is -2.12. The first kappa shape index (κ1) is 34.2. The van der Waals surface area contributed by atoms with Crippen LogP contribution in [0.4, 0.5) is 0 Å². The Hall–Kier alpha value is -0.640. The molecule has 0 radical (unpaired) electrons. The van der Waals surface area contributed by atoms with Gasteiger partial charge in [0.25, 0.3) is 0 Å². The summed E-state index contributed by atoms with van der Waals surface area (Å²) in [4.78, 5) is 0. The Morgan fingerprint density at radius 1 is 0.738 bits per heavy atom. The van der Waals surface area contributed by atoms with E-state index in [1.54, 1.807) is 6.92 Å². The van der Waals surface area contributed by atoms with Crippen molar-refractivity contribution in [3.63, 3.8) is 0 Å². The molecule has 4 rings (SSSR count). The van der Waals surface area contributed by atoms with E-state index in [9.17, 15) is 25.5 Å². The molecule has 3 heterocycles. The van der Waals surface area contributed by atoms with Crippen LogP contribution in [0.2, 0.25) is 0 Å². The zero-order valence-electron chi connectivity index (χ0n) is 24.2. The lowest BCUT2D eigenvalue weighted by Gasteiger charge is -2.46. The Balaban J connectivity index is 1.48. The van der Waals surface area contributed by atoms with Gasteiger partial charge in [0.15, 0.2) is 18.9 Å². The van der Waals surface area contributed by atoms with E-state index < -0.39 is 104 Å². The van der Waals surface area contributed by atoms with Crippen LogP contribution in [-0.4, -0.2) is 143 Å². The van der Waals surface area contributed by atoms with Crippen molar-refractivity contribution in [2.75, 3.05) is 13.2 Å². The van der Waals surface area contributed by atoms with Gasteiger partial charge in [0.05, 0.1) is 31.0 Å². The van der Waals surface area contributed by atoms with Crippen LogP contribution in [0.3, 0.4) is 0 Å². The molecule has 42 heavy (non-hydrogen) atoms. The Morgan fingerprint density at radius 3 is 2.02 bits per heavy atom. The lowest BCUT2D eigenvalue weighted by Crippen LogP contribution is -2.65. The second kappa shape index (κ2) is 14.6. The summed E-state index contributed by atoms with van der Waals surface area (Å²) < 4.78 is 35.9. The summed E-state index contributed by atoms with van der Waals surface area (Å²) in [6.07, 6.45) is -11.8. The highest BCUT2D eigenvalue weighted by atomic mass is 16.8. The van der Waals surface area contributed by atoms with Crippen molar-refractivity contribution >= 4 is 0 Å². The van der Waals surface area contributed by atoms with Crippen molar-refractivity contribution in [2.24, 2.45) is 34.6 Å². The summed E-state index contributed by atoms with van der Waals surface area (Å²) in [5.74, 6) is -0.701. The first-order valence-corrected chi connectivity index (χ1v) is 14.9. The maximum absolute atomic E-state index is 11.2. The molecule has 0 aromatic rings. The smallest absolute Gasteiger partial charge is 0.187 e. The Bertz CT molecular complexity index is 850. The number of ether oxygens (including phenoxy) is 6. The number of nitrogens with two attached hydrogens (primary N) is 5. The van der Waals surface area contributed by atoms with Gasteiger partial charge in [0.1, 0.15) is 42.7 Å². The SMILES string of the molecule is CC[C@H](N)[C@@H]1CC[C@@H](N)[C@@H](O[C@H]2[C@H](O[C@@H]3O[C@H](CO)[C@@H](OC4O[C@@H](CN)[C@@H](O)[C@H](O)[C@H]4C)[C@H]3O)[C@@H](O)[C@H](N)C[C@@H]2N)O1. The van der Waals surface area contributed by atoms with E-state index in [4.69, 9.17) is 57.1 Å². The molecule has 3 saturated heterocycles. The van der Waals surface area contributed by atoms with Gasteiger partial charge in [0, 0.05) is 30.6 Å². The standard InChI is InChI=1S/C26H51N5O11/c1-3-10(28)14-5-4-11(29)25(37-14)40-21-13(31)6-12(30)18(34)23(21)42-26-20(36)22(16(8-32)39-26)41-24-9(2)17(33)19(35)15(7-27)38-24/h9-26,32-36H,3-8,27-31H2,1-2H3/t9-,10+,11-,12-,13+,14+,15+,16-,17-,18+,19-,20-,21-,22-,23-,24?,25-,26+/m1/s1. The van der Waals surface area contributed by atoms with Gasteiger partial charge >= 0.3 is 0 Å². The monoisotopic (exact) mass is 609 g/mol. The molecule has 1 unspecified atom stereocenters. The minimum absolute atomic E-state index is 0.0787. The van der Waals surface area contributed by atoms with E-state index in [1.807, 2.05) is 6.92 Å². The van der Waals surface area contributed by atoms with Gasteiger partial charge < -0.3 is 82.6 Å². The van der Waals surface area contributed by atoms with E-state index >= 15 is 0 Å². The normalized spacial score (nSPS) is 51.0. The fourth-order valence-corrected chi connectivity index (χ4v) is 6.17. The number of aliphatic hydroxyl groups excluding tert-OH is 5. The Morgan fingerprint density at radius 2 is 1.38 bits per heavy atom. The molecule has 0 bridgehead atoms. The molecular formula is C26H51N5O11. The van der Waals surface area contributed by atoms with Crippen molar-refractivity contribution < 1.29 is 54.0 Å². The van der Waals surface area contributed by atoms with Crippen molar-refractivity contribution in [2.45, 2.75) is 144 Å². The summed E-state index contributed by atoms with van der Waals surface area (Å²) in [6.45, 7) is 2.94. The van der Waals surface area contributed by atoms with Gasteiger partial charge in [-0.05, 0) is 25.7 Å². The first-order chi connectivity index (χ1) is 19.9. The van der Waals surface area contributed by atoms with Crippen molar-refractivity contribution in [3.05, 3.63) is 0 Å². The molecule has 16 heteroatoms. The zero-order valence-corrected chi connectivity index (χ0v) is 24.2. The topological polar surface area (TPSA) is 287 Å². The average molecular weight is 610 g/mol. The third-order valence-corrected chi connectivity index (χ3v) is 9.04. The highest BCUT2D eigenvalue weighted by Gasteiger charge is 2.53. The molecule has 4 fully saturated rings. The summed E-state index contributed by atoms with van der Waals surface area (Å²) in [5.41, 5.74) is 30.8. The molecule has 18 atom stereocenters. The van der Waals surface area contributed by atoms with Crippen LogP contribution in [0.5, 0.6) is 0 Å². The van der Waals surface area contributed by atoms with Gasteiger partial charge in [-0.1, -0.05) is 13.8 Å². The molecule has 4 aliphatic rings. The summed E-state index contributed by atoms with van der Waals surface area (Å²) in [7, 11) is 0. The fraction of sp³-hybridized carbons (Fsp3) is 1.00. The van der Waals surface area contributed by atoms with Crippen molar-refractivity contribution in [1.29, 1.82) is 0 Å². The van der Waals surface area contributed by atoms with Gasteiger partial charge in [-0.15, -0.1) is 0 Å². The molecule has 0 aromatic carbocycles. The van der Waals surface area contributed by atoms with Gasteiger partial charge in [-0.2, -0.15) is 0 Å². The second-order valence-electron chi connectivity index (χ2n) is 12.0. The molecule has 0 aromatic heterocycles. The largest absolute Gasteiger partial charge is 0.394 e. The number of rotatable bonds is 10. The fourth-order valence-electron chi connectivity index (χ4n) is 6.17. The quantitative estimate of drug-likeness (QED) is 0.111. The van der Waals surface area contributed by atoms with Crippen LogP contribution in [0.25, 0.3) is 0 Å². The minimum atomic E-state index is -1.47. The summed E-state index contributed by atoms with van der Waals surface area (Å²) >= 11 is 0. The Labute approximate surface area is 245 Å². The van der Waals surface area contributed by atoms with Crippen LogP contribution in [0, 0.1) is 5.92 Å². The molecule has 1 saturated carbocycles. The molecule has 1 aliphatic carbocycles. The lowest BCUT2D eigenvalue weighted by molar-refractivity contribution is -0.297. The van der Waals surface area contributed by atoms with Crippen molar-refractivity contribution in [3.8, 4) is 0 Å². The highest BCUT2D eigenvalue weighted by Crippen LogP contribution is 2.35. The maximum Gasteiger partial charge on any atom is 0.187 e. The first-order valence-electron chi connectivity index (χ1n) is 14.9. The third-order valence-electron chi connectivity index (χ3n) is 9.04. The molecule has 0 amide bonds. The lowest BCUT2D eigenvalue weighted by atomic mass is 9.84. The molecule has 16 nitrogen and oxygen atoms in total.